The van der Waals surface area contributed by atoms with E-state index in [4.69, 9.17) is 0 Å². The van der Waals surface area contributed by atoms with E-state index < -0.39 is 0 Å². The fourth-order valence-electron chi connectivity index (χ4n) is 2.29. The molecule has 0 amide bonds. The lowest BCUT2D eigenvalue weighted by Gasteiger charge is -2.21. The minimum absolute atomic E-state index is 0.212. The quantitative estimate of drug-likeness (QED) is 0.678. The molecule has 2 aromatic rings. The molecule has 1 unspecified atom stereocenters. The monoisotopic (exact) mass is 429 g/mol. The van der Waals surface area contributed by atoms with Gasteiger partial charge in [0, 0.05) is 8.04 Å². The van der Waals surface area contributed by atoms with E-state index in [-0.39, 0.29) is 6.04 Å². The van der Waals surface area contributed by atoms with Crippen LogP contribution in [0.25, 0.3) is 0 Å². The molecule has 0 aliphatic heterocycles. The summed E-state index contributed by atoms with van der Waals surface area (Å²) in [7, 11) is 2.01. The zero-order chi connectivity index (χ0) is 14.0. The van der Waals surface area contributed by atoms with E-state index >= 15 is 0 Å². The zero-order valence-electron chi connectivity index (χ0n) is 11.3. The number of aryl methyl sites for hydroxylation is 2. The number of benzene rings is 2. The molecule has 0 radical (unpaired) electrons. The molecule has 0 saturated heterocycles. The Kier molecular flexibility index (Phi) is 5.03. The largest absolute Gasteiger partial charge is 0.309 e. The van der Waals surface area contributed by atoms with Crippen LogP contribution in [0.3, 0.4) is 0 Å². The summed E-state index contributed by atoms with van der Waals surface area (Å²) in [5.41, 5.74) is 5.23. The average molecular weight is 430 g/mol. The van der Waals surface area contributed by atoms with Crippen LogP contribution in [0.2, 0.25) is 0 Å². The van der Waals surface area contributed by atoms with Crippen LogP contribution in [0.4, 0.5) is 0 Å². The van der Waals surface area contributed by atoms with Crippen molar-refractivity contribution in [1.82, 2.24) is 5.32 Å². The molecule has 0 aliphatic carbocycles. The number of rotatable bonds is 3. The Morgan fingerprint density at radius 1 is 1.05 bits per heavy atom. The molecule has 0 spiro atoms. The number of hydrogen-bond donors (Lipinski definition) is 1. The lowest BCUT2D eigenvalue weighted by atomic mass is 9.94. The third kappa shape index (κ3) is 3.38. The Bertz CT molecular complexity index is 544. The Labute approximate surface area is 137 Å². The highest BCUT2D eigenvalue weighted by Crippen LogP contribution is 2.31. The minimum Gasteiger partial charge on any atom is -0.309 e. The van der Waals surface area contributed by atoms with Crippen molar-refractivity contribution in [3.8, 4) is 0 Å². The van der Waals surface area contributed by atoms with Crippen molar-refractivity contribution in [1.29, 1.82) is 0 Å². The van der Waals surface area contributed by atoms with E-state index in [9.17, 15) is 0 Å². The SMILES string of the molecule is CNC(c1cc(C)ccc1C)c1cc(I)ccc1Br. The normalized spacial score (nSPS) is 12.5. The van der Waals surface area contributed by atoms with E-state index in [1.54, 1.807) is 0 Å². The van der Waals surface area contributed by atoms with Crippen molar-refractivity contribution in [3.05, 3.63) is 66.7 Å². The minimum atomic E-state index is 0.212. The Hall–Kier alpha value is -0.390. The predicted molar refractivity (Wildman–Crippen MR) is 93.7 cm³/mol. The van der Waals surface area contributed by atoms with Gasteiger partial charge >= 0.3 is 0 Å². The van der Waals surface area contributed by atoms with E-state index in [0.29, 0.717) is 0 Å². The van der Waals surface area contributed by atoms with Gasteiger partial charge in [0.15, 0.2) is 0 Å². The summed E-state index contributed by atoms with van der Waals surface area (Å²) >= 11 is 6.03. The van der Waals surface area contributed by atoms with Crippen LogP contribution in [0, 0.1) is 17.4 Å². The van der Waals surface area contributed by atoms with Crippen LogP contribution in [0.1, 0.15) is 28.3 Å². The number of hydrogen-bond acceptors (Lipinski definition) is 1. The summed E-state index contributed by atoms with van der Waals surface area (Å²) in [5, 5.41) is 3.44. The Balaban J connectivity index is 2.55. The Morgan fingerprint density at radius 3 is 2.47 bits per heavy atom. The topological polar surface area (TPSA) is 12.0 Å². The maximum Gasteiger partial charge on any atom is 0.0588 e. The number of halogens is 2. The summed E-state index contributed by atoms with van der Waals surface area (Å²) in [4.78, 5) is 0. The van der Waals surface area contributed by atoms with E-state index in [0.717, 1.165) is 4.47 Å². The van der Waals surface area contributed by atoms with E-state index in [1.165, 1.54) is 25.8 Å². The fraction of sp³-hybridized carbons (Fsp3) is 0.250. The van der Waals surface area contributed by atoms with Crippen LogP contribution < -0.4 is 5.32 Å². The first-order valence-electron chi connectivity index (χ1n) is 6.22. The molecule has 0 fully saturated rings. The first kappa shape index (κ1) is 15.0. The van der Waals surface area contributed by atoms with Crippen molar-refractivity contribution in [3.63, 3.8) is 0 Å². The molecule has 1 N–H and O–H groups in total. The molecule has 2 aromatic carbocycles. The molecular formula is C16H17BrIN. The maximum absolute atomic E-state index is 3.67. The second-order valence-corrected chi connectivity index (χ2v) is 6.85. The molecule has 19 heavy (non-hydrogen) atoms. The van der Waals surface area contributed by atoms with Gasteiger partial charge < -0.3 is 5.32 Å². The number of nitrogens with one attached hydrogen (secondary N) is 1. The highest BCUT2D eigenvalue weighted by atomic mass is 127. The molecule has 0 aromatic heterocycles. The molecule has 100 valence electrons. The van der Waals surface area contributed by atoms with Gasteiger partial charge in [0.1, 0.15) is 0 Å². The second-order valence-electron chi connectivity index (χ2n) is 4.75. The molecule has 0 heterocycles. The van der Waals surface area contributed by atoms with Crippen molar-refractivity contribution in [2.24, 2.45) is 0 Å². The van der Waals surface area contributed by atoms with Crippen LogP contribution in [0.5, 0.6) is 0 Å². The molecule has 0 bridgehead atoms. The third-order valence-corrected chi connectivity index (χ3v) is 4.70. The highest BCUT2D eigenvalue weighted by molar-refractivity contribution is 14.1. The maximum atomic E-state index is 3.67. The van der Waals surface area contributed by atoms with Gasteiger partial charge in [-0.05, 0) is 78.4 Å². The summed E-state index contributed by atoms with van der Waals surface area (Å²) in [5.74, 6) is 0. The summed E-state index contributed by atoms with van der Waals surface area (Å²) < 4.78 is 2.40. The summed E-state index contributed by atoms with van der Waals surface area (Å²) in [6.07, 6.45) is 0. The molecule has 0 aliphatic rings. The van der Waals surface area contributed by atoms with Gasteiger partial charge in [0.2, 0.25) is 0 Å². The van der Waals surface area contributed by atoms with Gasteiger partial charge in [-0.25, -0.2) is 0 Å². The van der Waals surface area contributed by atoms with Crippen LogP contribution in [-0.4, -0.2) is 7.05 Å². The lowest BCUT2D eigenvalue weighted by molar-refractivity contribution is 0.683. The van der Waals surface area contributed by atoms with Crippen molar-refractivity contribution in [2.45, 2.75) is 19.9 Å². The van der Waals surface area contributed by atoms with Gasteiger partial charge in [-0.1, -0.05) is 39.7 Å². The highest BCUT2D eigenvalue weighted by Gasteiger charge is 2.17. The zero-order valence-corrected chi connectivity index (χ0v) is 15.0. The average Bonchev–Trinajstić information content (AvgIpc) is 2.38. The van der Waals surface area contributed by atoms with Crippen molar-refractivity contribution < 1.29 is 0 Å². The Morgan fingerprint density at radius 2 is 1.79 bits per heavy atom. The molecule has 1 atom stereocenters. The summed E-state index contributed by atoms with van der Waals surface area (Å²) in [6, 6.07) is 13.3. The van der Waals surface area contributed by atoms with Crippen LogP contribution in [-0.2, 0) is 0 Å². The standard InChI is InChI=1S/C16H17BrIN/c1-10-4-5-11(2)13(8-10)16(19-3)14-9-12(18)6-7-15(14)17/h4-9,16,19H,1-3H3. The molecule has 3 heteroatoms. The first-order valence-corrected chi connectivity index (χ1v) is 8.09. The van der Waals surface area contributed by atoms with Crippen molar-refractivity contribution in [2.75, 3.05) is 7.05 Å². The van der Waals surface area contributed by atoms with Gasteiger partial charge in [-0.2, -0.15) is 0 Å². The van der Waals surface area contributed by atoms with Gasteiger partial charge in [-0.15, -0.1) is 0 Å². The lowest BCUT2D eigenvalue weighted by Crippen LogP contribution is -2.19. The van der Waals surface area contributed by atoms with Crippen molar-refractivity contribution >= 4 is 38.5 Å². The van der Waals surface area contributed by atoms with Gasteiger partial charge in [0.05, 0.1) is 6.04 Å². The van der Waals surface area contributed by atoms with Gasteiger partial charge in [0.25, 0.3) is 0 Å². The molecule has 1 nitrogen and oxygen atoms in total. The summed E-state index contributed by atoms with van der Waals surface area (Å²) in [6.45, 7) is 4.31. The van der Waals surface area contributed by atoms with E-state index in [2.05, 4.69) is 94.1 Å². The molecule has 2 rings (SSSR count). The predicted octanol–water partition coefficient (Wildman–Crippen LogP) is 4.98. The molecule has 0 saturated carbocycles. The second kappa shape index (κ2) is 6.37. The van der Waals surface area contributed by atoms with Crippen LogP contribution in [0.15, 0.2) is 40.9 Å². The van der Waals surface area contributed by atoms with Gasteiger partial charge in [-0.3, -0.25) is 0 Å². The van der Waals surface area contributed by atoms with E-state index in [1.807, 2.05) is 7.05 Å². The first-order chi connectivity index (χ1) is 9.02. The smallest absolute Gasteiger partial charge is 0.0588 e. The molecular weight excluding hydrogens is 413 g/mol. The van der Waals surface area contributed by atoms with Crippen LogP contribution >= 0.6 is 38.5 Å². The fourth-order valence-corrected chi connectivity index (χ4v) is 3.28. The third-order valence-electron chi connectivity index (χ3n) is 3.30.